The van der Waals surface area contributed by atoms with Crippen LogP contribution in [0.1, 0.15) is 25.5 Å². The van der Waals surface area contributed by atoms with Crippen LogP contribution in [0.2, 0.25) is 0 Å². The highest BCUT2D eigenvalue weighted by Crippen LogP contribution is 2.07. The van der Waals surface area contributed by atoms with Crippen molar-refractivity contribution in [2.24, 2.45) is 0 Å². The van der Waals surface area contributed by atoms with Crippen molar-refractivity contribution in [1.29, 1.82) is 0 Å². The number of hydrogen-bond acceptors (Lipinski definition) is 4. The van der Waals surface area contributed by atoms with Crippen molar-refractivity contribution in [3.63, 3.8) is 0 Å². The maximum atomic E-state index is 4.13. The normalized spacial score (nSPS) is 22.2. The summed E-state index contributed by atoms with van der Waals surface area (Å²) in [6.07, 6.45) is 4.23. The van der Waals surface area contributed by atoms with Gasteiger partial charge in [-0.25, -0.2) is 0 Å². The molecule has 0 amide bonds. The lowest BCUT2D eigenvalue weighted by molar-refractivity contribution is 0.184. The first-order valence-electron chi connectivity index (χ1n) is 6.11. The molecule has 16 heavy (non-hydrogen) atoms. The minimum Gasteiger partial charge on any atom is -0.311 e. The van der Waals surface area contributed by atoms with E-state index in [1.165, 1.54) is 12.8 Å². The van der Waals surface area contributed by atoms with Crippen LogP contribution >= 0.6 is 0 Å². The number of aromatic nitrogens is 2. The summed E-state index contributed by atoms with van der Waals surface area (Å²) in [5, 5.41) is 11.6. The molecule has 4 heteroatoms. The lowest BCUT2D eigenvalue weighted by Gasteiger charge is -2.33. The van der Waals surface area contributed by atoms with Gasteiger partial charge in [-0.15, -0.1) is 0 Å². The van der Waals surface area contributed by atoms with E-state index < -0.39 is 0 Å². The van der Waals surface area contributed by atoms with Gasteiger partial charge in [-0.2, -0.15) is 10.2 Å². The Morgan fingerprint density at radius 3 is 3.25 bits per heavy atom. The van der Waals surface area contributed by atoms with E-state index in [9.17, 15) is 0 Å². The fraction of sp³-hybridized carbons (Fsp3) is 0.667. The van der Waals surface area contributed by atoms with E-state index in [0.29, 0.717) is 6.04 Å². The van der Waals surface area contributed by atoms with Crippen molar-refractivity contribution < 1.29 is 0 Å². The molecule has 88 valence electrons. The summed E-state index contributed by atoms with van der Waals surface area (Å²) in [4.78, 5) is 2.46. The van der Waals surface area contributed by atoms with Crippen molar-refractivity contribution >= 4 is 0 Å². The maximum Gasteiger partial charge on any atom is 0.0771 e. The summed E-state index contributed by atoms with van der Waals surface area (Å²) >= 11 is 0. The van der Waals surface area contributed by atoms with Crippen molar-refractivity contribution in [3.8, 4) is 0 Å². The molecule has 1 aromatic rings. The zero-order chi connectivity index (χ0) is 11.2. The molecule has 1 atom stereocenters. The van der Waals surface area contributed by atoms with E-state index in [4.69, 9.17) is 0 Å². The van der Waals surface area contributed by atoms with Crippen LogP contribution in [0.4, 0.5) is 0 Å². The number of hydrogen-bond donors (Lipinski definition) is 1. The van der Waals surface area contributed by atoms with Crippen LogP contribution in [0.5, 0.6) is 0 Å². The monoisotopic (exact) mass is 220 g/mol. The molecule has 0 aliphatic carbocycles. The minimum atomic E-state index is 0.649. The van der Waals surface area contributed by atoms with E-state index in [-0.39, 0.29) is 0 Å². The Bertz CT molecular complexity index is 299. The van der Waals surface area contributed by atoms with Crippen molar-refractivity contribution in [3.05, 3.63) is 24.0 Å². The third-order valence-electron chi connectivity index (χ3n) is 2.99. The summed E-state index contributed by atoms with van der Waals surface area (Å²) < 4.78 is 0. The first-order chi connectivity index (χ1) is 7.88. The Balaban J connectivity index is 1.85. The molecule has 1 fully saturated rings. The maximum absolute atomic E-state index is 4.13. The summed E-state index contributed by atoms with van der Waals surface area (Å²) in [5.41, 5.74) is 1.07. The molecule has 2 heterocycles. The van der Waals surface area contributed by atoms with E-state index in [0.717, 1.165) is 31.9 Å². The number of nitrogens with one attached hydrogen (secondary N) is 1. The summed E-state index contributed by atoms with van der Waals surface area (Å²) in [7, 11) is 0. The van der Waals surface area contributed by atoms with Crippen LogP contribution in [0.15, 0.2) is 18.3 Å². The van der Waals surface area contributed by atoms with Crippen LogP contribution in [0.3, 0.4) is 0 Å². The van der Waals surface area contributed by atoms with Crippen LogP contribution in [-0.4, -0.2) is 40.8 Å². The molecule has 2 rings (SSSR count). The number of piperazine rings is 1. The quantitative estimate of drug-likeness (QED) is 0.823. The van der Waals surface area contributed by atoms with Crippen LogP contribution < -0.4 is 5.32 Å². The van der Waals surface area contributed by atoms with Gasteiger partial charge in [0.1, 0.15) is 0 Å². The summed E-state index contributed by atoms with van der Waals surface area (Å²) in [6.45, 7) is 6.49. The van der Waals surface area contributed by atoms with Crippen LogP contribution in [0, 0.1) is 0 Å². The van der Waals surface area contributed by atoms with Gasteiger partial charge >= 0.3 is 0 Å². The Labute approximate surface area is 97.1 Å². The zero-order valence-electron chi connectivity index (χ0n) is 9.89. The minimum absolute atomic E-state index is 0.649. The average Bonchev–Trinajstić information content (AvgIpc) is 2.31. The van der Waals surface area contributed by atoms with Crippen LogP contribution in [-0.2, 0) is 6.54 Å². The Hall–Kier alpha value is -1.00. The largest absolute Gasteiger partial charge is 0.311 e. The predicted molar refractivity (Wildman–Crippen MR) is 64.0 cm³/mol. The third kappa shape index (κ3) is 3.25. The van der Waals surface area contributed by atoms with Gasteiger partial charge in [-0.05, 0) is 18.6 Å². The molecular weight excluding hydrogens is 200 g/mol. The molecule has 1 N–H and O–H groups in total. The predicted octanol–water partition coefficient (Wildman–Crippen LogP) is 1.05. The fourth-order valence-corrected chi connectivity index (χ4v) is 2.23. The standard InChI is InChI=1S/C12H20N4/c1-2-4-11-9-16(8-7-13-11)10-12-5-3-6-14-15-12/h3,5-6,11,13H,2,4,7-10H2,1H3. The second kappa shape index (κ2) is 5.92. The lowest BCUT2D eigenvalue weighted by Crippen LogP contribution is -2.50. The molecule has 0 spiro atoms. The molecule has 0 bridgehead atoms. The zero-order valence-corrected chi connectivity index (χ0v) is 9.89. The first-order valence-corrected chi connectivity index (χ1v) is 6.11. The van der Waals surface area contributed by atoms with Crippen molar-refractivity contribution in [2.75, 3.05) is 19.6 Å². The summed E-state index contributed by atoms with van der Waals surface area (Å²) in [6, 6.07) is 4.65. The molecule has 0 saturated carbocycles. The highest BCUT2D eigenvalue weighted by atomic mass is 15.2. The van der Waals surface area contributed by atoms with E-state index >= 15 is 0 Å². The third-order valence-corrected chi connectivity index (χ3v) is 2.99. The van der Waals surface area contributed by atoms with E-state index in [1.54, 1.807) is 6.20 Å². The SMILES string of the molecule is CCCC1CN(Cc2cccnn2)CCN1. The average molecular weight is 220 g/mol. The topological polar surface area (TPSA) is 41.1 Å². The van der Waals surface area contributed by atoms with Crippen molar-refractivity contribution in [2.45, 2.75) is 32.4 Å². The highest BCUT2D eigenvalue weighted by Gasteiger charge is 2.18. The van der Waals surface area contributed by atoms with E-state index in [1.807, 2.05) is 12.1 Å². The molecular formula is C12H20N4. The molecule has 1 aliphatic heterocycles. The second-order valence-corrected chi connectivity index (χ2v) is 4.39. The molecule has 1 saturated heterocycles. The lowest BCUT2D eigenvalue weighted by atomic mass is 10.1. The highest BCUT2D eigenvalue weighted by molar-refractivity contribution is 4.99. The van der Waals surface area contributed by atoms with Crippen LogP contribution in [0.25, 0.3) is 0 Å². The van der Waals surface area contributed by atoms with Gasteiger partial charge in [-0.1, -0.05) is 13.3 Å². The van der Waals surface area contributed by atoms with Gasteiger partial charge in [-0.3, -0.25) is 4.90 Å². The first kappa shape index (κ1) is 11.5. The van der Waals surface area contributed by atoms with Gasteiger partial charge in [0.05, 0.1) is 5.69 Å². The Morgan fingerprint density at radius 2 is 2.50 bits per heavy atom. The molecule has 1 aliphatic rings. The second-order valence-electron chi connectivity index (χ2n) is 4.39. The van der Waals surface area contributed by atoms with E-state index in [2.05, 4.69) is 27.3 Å². The molecule has 0 radical (unpaired) electrons. The van der Waals surface area contributed by atoms with Gasteiger partial charge < -0.3 is 5.32 Å². The Morgan fingerprint density at radius 1 is 1.56 bits per heavy atom. The molecule has 4 nitrogen and oxygen atoms in total. The number of rotatable bonds is 4. The fourth-order valence-electron chi connectivity index (χ4n) is 2.23. The molecule has 0 aromatic carbocycles. The van der Waals surface area contributed by atoms with Gasteiger partial charge in [0.2, 0.25) is 0 Å². The smallest absolute Gasteiger partial charge is 0.0771 e. The summed E-state index contributed by atoms with van der Waals surface area (Å²) in [5.74, 6) is 0. The van der Waals surface area contributed by atoms with Gasteiger partial charge in [0, 0.05) is 38.4 Å². The van der Waals surface area contributed by atoms with Gasteiger partial charge in [0.15, 0.2) is 0 Å². The van der Waals surface area contributed by atoms with Gasteiger partial charge in [0.25, 0.3) is 0 Å². The van der Waals surface area contributed by atoms with Crippen molar-refractivity contribution in [1.82, 2.24) is 20.4 Å². The molecule has 1 aromatic heterocycles. The molecule has 1 unspecified atom stereocenters. The number of nitrogens with zero attached hydrogens (tertiary/aromatic N) is 3. The Kier molecular flexibility index (Phi) is 4.25.